The predicted octanol–water partition coefficient (Wildman–Crippen LogP) is 3.20. The van der Waals surface area contributed by atoms with Crippen LogP contribution in [-0.2, 0) is 19.1 Å². The zero-order valence-corrected chi connectivity index (χ0v) is 14.3. The van der Waals surface area contributed by atoms with Crippen molar-refractivity contribution in [3.8, 4) is 17.6 Å². The monoisotopic (exact) mass is 368 g/mol. The Hall–Kier alpha value is -2.42. The molecule has 0 aromatic heterocycles. The largest absolute Gasteiger partial charge is 0.480 e. The van der Waals surface area contributed by atoms with Gasteiger partial charge in [-0.15, -0.1) is 0 Å². The van der Waals surface area contributed by atoms with Gasteiger partial charge in [0.05, 0.1) is 12.1 Å². The number of methoxy groups -OCH3 is 1. The molecule has 7 heteroatoms. The van der Waals surface area contributed by atoms with Crippen LogP contribution in [0.4, 0.5) is 0 Å². The van der Waals surface area contributed by atoms with Crippen molar-refractivity contribution in [3.05, 3.63) is 52.5 Å². The molecule has 0 aliphatic carbocycles. The average molecular weight is 369 g/mol. The molecule has 24 heavy (non-hydrogen) atoms. The fourth-order valence-corrected chi connectivity index (χ4v) is 1.76. The highest BCUT2D eigenvalue weighted by Crippen LogP contribution is 2.27. The molecule has 0 aliphatic rings. The second-order valence-corrected chi connectivity index (χ2v) is 4.93. The number of carbonyl (C=O) groups is 2. The van der Waals surface area contributed by atoms with Gasteiger partial charge in [0.1, 0.15) is 5.75 Å². The lowest BCUT2D eigenvalue weighted by atomic mass is 10.3. The van der Waals surface area contributed by atoms with Crippen LogP contribution in [-0.4, -0.2) is 32.3 Å². The Morgan fingerprint density at radius 3 is 2.75 bits per heavy atom. The maximum absolute atomic E-state index is 11.5. The third kappa shape index (κ3) is 8.28. The molecule has 5 nitrogen and oxygen atoms in total. The van der Waals surface area contributed by atoms with Gasteiger partial charge in [0.25, 0.3) is 0 Å². The summed E-state index contributed by atoms with van der Waals surface area (Å²) in [5.41, 5.74) is 0. The molecule has 0 fully saturated rings. The average Bonchev–Trinajstić information content (AvgIpc) is 2.56. The van der Waals surface area contributed by atoms with Crippen molar-refractivity contribution in [2.75, 3.05) is 20.3 Å². The van der Waals surface area contributed by atoms with Crippen LogP contribution in [0.1, 0.15) is 0 Å². The van der Waals surface area contributed by atoms with E-state index in [4.69, 9.17) is 32.7 Å². The molecular formula is C17H14Cl2O5. The fraction of sp³-hybridized carbons (Fsp3) is 0.176. The van der Waals surface area contributed by atoms with Crippen LogP contribution < -0.4 is 4.74 Å². The van der Waals surface area contributed by atoms with Gasteiger partial charge in [0.15, 0.2) is 13.2 Å². The second kappa shape index (κ2) is 11.2. The van der Waals surface area contributed by atoms with E-state index < -0.39 is 11.9 Å². The van der Waals surface area contributed by atoms with Crippen molar-refractivity contribution in [1.82, 2.24) is 0 Å². The van der Waals surface area contributed by atoms with E-state index >= 15 is 0 Å². The summed E-state index contributed by atoms with van der Waals surface area (Å²) in [7, 11) is 1.29. The van der Waals surface area contributed by atoms with E-state index in [1.54, 1.807) is 18.2 Å². The quantitative estimate of drug-likeness (QED) is 0.334. The summed E-state index contributed by atoms with van der Waals surface area (Å²) in [6.07, 6.45) is 5.78. The van der Waals surface area contributed by atoms with Crippen molar-refractivity contribution < 1.29 is 23.8 Å². The Balaban J connectivity index is 2.27. The van der Waals surface area contributed by atoms with E-state index in [1.165, 1.54) is 31.4 Å². The van der Waals surface area contributed by atoms with E-state index in [0.29, 0.717) is 15.8 Å². The molecule has 1 rings (SSSR count). The highest BCUT2D eigenvalue weighted by atomic mass is 35.5. The minimum atomic E-state index is -0.579. The molecular weight excluding hydrogens is 355 g/mol. The summed E-state index contributed by atoms with van der Waals surface area (Å²) >= 11 is 11.7. The van der Waals surface area contributed by atoms with Gasteiger partial charge in [0, 0.05) is 11.1 Å². The molecule has 0 heterocycles. The first-order chi connectivity index (χ1) is 11.5. The SMILES string of the molecule is COC(=O)C=CC=CC#CCOC(=O)COc1ccc(Cl)cc1Cl. The van der Waals surface area contributed by atoms with Crippen molar-refractivity contribution in [2.45, 2.75) is 0 Å². The Morgan fingerprint density at radius 1 is 1.25 bits per heavy atom. The molecule has 0 radical (unpaired) electrons. The Morgan fingerprint density at radius 2 is 2.04 bits per heavy atom. The van der Waals surface area contributed by atoms with Crippen LogP contribution in [0.2, 0.25) is 10.0 Å². The molecule has 0 unspecified atom stereocenters. The van der Waals surface area contributed by atoms with E-state index in [9.17, 15) is 9.59 Å². The third-order valence-electron chi connectivity index (χ3n) is 2.37. The smallest absolute Gasteiger partial charge is 0.345 e. The normalized spacial score (nSPS) is 10.3. The molecule has 1 aromatic carbocycles. The van der Waals surface area contributed by atoms with Crippen molar-refractivity contribution in [3.63, 3.8) is 0 Å². The number of hydrogen-bond acceptors (Lipinski definition) is 5. The summed E-state index contributed by atoms with van der Waals surface area (Å²) < 4.78 is 14.5. The first kappa shape index (κ1) is 19.6. The first-order valence-corrected chi connectivity index (χ1v) is 7.41. The Kier molecular flexibility index (Phi) is 9.13. The molecule has 0 aliphatic heterocycles. The van der Waals surface area contributed by atoms with Crippen LogP contribution in [0.25, 0.3) is 0 Å². The highest BCUT2D eigenvalue weighted by molar-refractivity contribution is 6.35. The minimum Gasteiger partial charge on any atom is -0.480 e. The lowest BCUT2D eigenvalue weighted by Gasteiger charge is -2.07. The Labute approximate surface area is 149 Å². The van der Waals surface area contributed by atoms with Gasteiger partial charge in [-0.05, 0) is 24.3 Å². The molecule has 1 aromatic rings. The predicted molar refractivity (Wildman–Crippen MR) is 91.0 cm³/mol. The second-order valence-electron chi connectivity index (χ2n) is 4.09. The number of rotatable bonds is 6. The van der Waals surface area contributed by atoms with Gasteiger partial charge in [-0.1, -0.05) is 47.2 Å². The van der Waals surface area contributed by atoms with Gasteiger partial charge in [-0.25, -0.2) is 9.59 Å². The van der Waals surface area contributed by atoms with Crippen LogP contribution >= 0.6 is 23.2 Å². The van der Waals surface area contributed by atoms with Crippen molar-refractivity contribution >= 4 is 35.1 Å². The van der Waals surface area contributed by atoms with Crippen molar-refractivity contribution in [1.29, 1.82) is 0 Å². The standard InChI is InChI=1S/C17H14Cl2O5/c1-22-16(20)7-5-3-2-4-6-10-23-17(21)12-24-15-9-8-13(18)11-14(15)19/h2-3,5,7-9,11H,10,12H2,1H3. The van der Waals surface area contributed by atoms with Crippen molar-refractivity contribution in [2.24, 2.45) is 0 Å². The summed E-state index contributed by atoms with van der Waals surface area (Å²) in [5, 5.41) is 0.778. The van der Waals surface area contributed by atoms with Gasteiger partial charge in [-0.2, -0.15) is 0 Å². The topological polar surface area (TPSA) is 61.8 Å². The number of halogens is 2. The van der Waals surface area contributed by atoms with E-state index in [0.717, 1.165) is 0 Å². The Bertz CT molecular complexity index is 699. The van der Waals surface area contributed by atoms with Crippen LogP contribution in [0.3, 0.4) is 0 Å². The van der Waals surface area contributed by atoms with Crippen LogP contribution in [0.5, 0.6) is 5.75 Å². The number of carbonyl (C=O) groups excluding carboxylic acids is 2. The van der Waals surface area contributed by atoms with Crippen LogP contribution in [0.15, 0.2) is 42.5 Å². The zero-order valence-electron chi connectivity index (χ0n) is 12.8. The molecule has 0 spiro atoms. The number of allylic oxidation sites excluding steroid dienone is 3. The van der Waals surface area contributed by atoms with Gasteiger partial charge in [0.2, 0.25) is 0 Å². The molecule has 0 N–H and O–H groups in total. The number of ether oxygens (including phenoxy) is 3. The minimum absolute atomic E-state index is 0.0817. The van der Waals surface area contributed by atoms with E-state index in [-0.39, 0.29) is 13.2 Å². The maximum atomic E-state index is 11.5. The first-order valence-electron chi connectivity index (χ1n) is 6.66. The van der Waals surface area contributed by atoms with Gasteiger partial charge < -0.3 is 14.2 Å². The molecule has 0 amide bonds. The fourth-order valence-electron chi connectivity index (χ4n) is 1.29. The van der Waals surface area contributed by atoms with Gasteiger partial charge in [-0.3, -0.25) is 0 Å². The van der Waals surface area contributed by atoms with Gasteiger partial charge >= 0.3 is 11.9 Å². The lowest BCUT2D eigenvalue weighted by Crippen LogP contribution is -2.15. The molecule has 0 saturated heterocycles. The summed E-state index contributed by atoms with van der Waals surface area (Å²) in [5.74, 6) is 4.54. The van der Waals surface area contributed by atoms with E-state index in [1.807, 2.05) is 0 Å². The highest BCUT2D eigenvalue weighted by Gasteiger charge is 2.06. The number of esters is 2. The number of hydrogen-bond donors (Lipinski definition) is 0. The summed E-state index contributed by atoms with van der Waals surface area (Å²) in [6, 6.07) is 4.67. The van der Waals surface area contributed by atoms with E-state index in [2.05, 4.69) is 16.6 Å². The maximum Gasteiger partial charge on any atom is 0.345 e. The zero-order chi connectivity index (χ0) is 17.8. The molecule has 0 saturated carbocycles. The third-order valence-corrected chi connectivity index (χ3v) is 2.90. The lowest BCUT2D eigenvalue weighted by molar-refractivity contribution is -0.144. The molecule has 0 bridgehead atoms. The molecule has 126 valence electrons. The molecule has 0 atom stereocenters. The van der Waals surface area contributed by atoms with Crippen LogP contribution in [0, 0.1) is 11.8 Å². The summed E-state index contributed by atoms with van der Waals surface area (Å²) in [6.45, 7) is -0.373. The number of benzene rings is 1. The summed E-state index contributed by atoms with van der Waals surface area (Å²) in [4.78, 5) is 22.2.